The topological polar surface area (TPSA) is 46.3 Å². The van der Waals surface area contributed by atoms with Gasteiger partial charge in [-0.15, -0.1) is 0 Å². The van der Waals surface area contributed by atoms with Crippen LogP contribution < -0.4 is 5.73 Å². The quantitative estimate of drug-likeness (QED) is 0.674. The van der Waals surface area contributed by atoms with Crippen LogP contribution in [0.4, 0.5) is 4.39 Å². The molecular formula is C13H15BrClFN2O. The first kappa shape index (κ1) is 14.9. The standard InChI is InChI=1S/C13H15BrClFN2O/c14-10-2-1-9(13(16)12(10)15)11(19)7-18-5-3-8(17)4-6-18/h1-2,8H,3-7,17H2. The van der Waals surface area contributed by atoms with Crippen molar-refractivity contribution in [3.63, 3.8) is 0 Å². The van der Waals surface area contributed by atoms with E-state index in [1.165, 1.54) is 6.07 Å². The third kappa shape index (κ3) is 3.54. The molecule has 0 bridgehead atoms. The number of nitrogens with zero attached hydrogens (tertiary/aromatic N) is 1. The summed E-state index contributed by atoms with van der Waals surface area (Å²) in [5.41, 5.74) is 5.85. The van der Waals surface area contributed by atoms with Crippen molar-refractivity contribution in [1.82, 2.24) is 4.90 Å². The minimum atomic E-state index is -0.658. The number of rotatable bonds is 3. The van der Waals surface area contributed by atoms with Gasteiger partial charge in [-0.25, -0.2) is 4.39 Å². The summed E-state index contributed by atoms with van der Waals surface area (Å²) < 4.78 is 14.4. The Hall–Kier alpha value is -0.490. The number of carbonyl (C=O) groups excluding carboxylic acids is 1. The number of piperidine rings is 1. The van der Waals surface area contributed by atoms with Crippen molar-refractivity contribution in [3.05, 3.63) is 33.0 Å². The van der Waals surface area contributed by atoms with Crippen molar-refractivity contribution in [2.75, 3.05) is 19.6 Å². The molecule has 0 aliphatic carbocycles. The lowest BCUT2D eigenvalue weighted by atomic mass is 10.0. The Morgan fingerprint density at radius 3 is 2.74 bits per heavy atom. The molecule has 1 aromatic rings. The van der Waals surface area contributed by atoms with Crippen molar-refractivity contribution in [3.8, 4) is 0 Å². The zero-order valence-electron chi connectivity index (χ0n) is 10.3. The number of ketones is 1. The van der Waals surface area contributed by atoms with Crippen LogP contribution in [0, 0.1) is 5.82 Å². The third-order valence-corrected chi connectivity index (χ3v) is 4.59. The van der Waals surface area contributed by atoms with Gasteiger partial charge in [-0.3, -0.25) is 9.69 Å². The summed E-state index contributed by atoms with van der Waals surface area (Å²) in [5, 5.41) is -0.0495. The fourth-order valence-electron chi connectivity index (χ4n) is 2.14. The van der Waals surface area contributed by atoms with E-state index in [4.69, 9.17) is 17.3 Å². The van der Waals surface area contributed by atoms with Gasteiger partial charge < -0.3 is 5.73 Å². The molecule has 2 N–H and O–H groups in total. The highest BCUT2D eigenvalue weighted by atomic mass is 79.9. The molecule has 0 unspecified atom stereocenters. The Kier molecular flexibility index (Phi) is 4.95. The number of hydrogen-bond acceptors (Lipinski definition) is 3. The van der Waals surface area contributed by atoms with E-state index in [9.17, 15) is 9.18 Å². The maximum atomic E-state index is 13.9. The van der Waals surface area contributed by atoms with Crippen molar-refractivity contribution < 1.29 is 9.18 Å². The van der Waals surface area contributed by atoms with Gasteiger partial charge in [-0.2, -0.15) is 0 Å². The zero-order valence-corrected chi connectivity index (χ0v) is 12.7. The molecule has 0 amide bonds. The highest BCUT2D eigenvalue weighted by Crippen LogP contribution is 2.28. The first-order valence-electron chi connectivity index (χ1n) is 6.13. The van der Waals surface area contributed by atoms with Crippen LogP contribution in [0.5, 0.6) is 0 Å². The van der Waals surface area contributed by atoms with Crippen LogP contribution in [0.15, 0.2) is 16.6 Å². The number of carbonyl (C=O) groups is 1. The van der Waals surface area contributed by atoms with Crippen LogP contribution in [0.1, 0.15) is 23.2 Å². The summed E-state index contributed by atoms with van der Waals surface area (Å²) in [6.45, 7) is 1.76. The lowest BCUT2D eigenvalue weighted by molar-refractivity contribution is 0.0906. The van der Waals surface area contributed by atoms with Crippen molar-refractivity contribution in [1.29, 1.82) is 0 Å². The largest absolute Gasteiger partial charge is 0.328 e. The molecule has 1 aromatic carbocycles. The smallest absolute Gasteiger partial charge is 0.179 e. The number of likely N-dealkylation sites (tertiary alicyclic amines) is 1. The van der Waals surface area contributed by atoms with E-state index in [0.717, 1.165) is 25.9 Å². The Bertz CT molecular complexity index is 490. The van der Waals surface area contributed by atoms with Crippen LogP contribution in [-0.2, 0) is 0 Å². The second-order valence-electron chi connectivity index (χ2n) is 4.76. The van der Waals surface area contributed by atoms with E-state index in [2.05, 4.69) is 15.9 Å². The molecule has 2 rings (SSSR count). The van der Waals surface area contributed by atoms with Gasteiger partial charge in [0, 0.05) is 23.6 Å². The molecule has 1 saturated heterocycles. The molecule has 0 aromatic heterocycles. The van der Waals surface area contributed by atoms with E-state index in [0.29, 0.717) is 4.47 Å². The lowest BCUT2D eigenvalue weighted by Crippen LogP contribution is -2.42. The molecule has 0 radical (unpaired) electrons. The van der Waals surface area contributed by atoms with Gasteiger partial charge in [0.1, 0.15) is 0 Å². The van der Waals surface area contributed by atoms with Gasteiger partial charge in [0.15, 0.2) is 11.6 Å². The summed E-state index contributed by atoms with van der Waals surface area (Å²) in [5.74, 6) is -0.905. The second kappa shape index (κ2) is 6.31. The number of Topliss-reactive ketones (excluding diaryl/α,β-unsaturated/α-hetero) is 1. The monoisotopic (exact) mass is 348 g/mol. The van der Waals surface area contributed by atoms with Crippen molar-refractivity contribution in [2.24, 2.45) is 5.73 Å². The molecule has 0 saturated carbocycles. The second-order valence-corrected chi connectivity index (χ2v) is 5.99. The molecular weight excluding hydrogens is 335 g/mol. The van der Waals surface area contributed by atoms with E-state index in [1.54, 1.807) is 6.07 Å². The number of benzene rings is 1. The molecule has 1 aliphatic heterocycles. The van der Waals surface area contributed by atoms with Crippen LogP contribution in [0.2, 0.25) is 5.02 Å². The van der Waals surface area contributed by atoms with Gasteiger partial charge >= 0.3 is 0 Å². The fourth-order valence-corrected chi connectivity index (χ4v) is 2.61. The van der Waals surface area contributed by atoms with Crippen LogP contribution in [0.25, 0.3) is 0 Å². The maximum absolute atomic E-state index is 13.9. The third-order valence-electron chi connectivity index (χ3n) is 3.34. The molecule has 1 aliphatic rings. The summed E-state index contributed by atoms with van der Waals surface area (Å²) in [4.78, 5) is 14.1. The molecule has 0 spiro atoms. The first-order valence-corrected chi connectivity index (χ1v) is 7.30. The van der Waals surface area contributed by atoms with Gasteiger partial charge in [-0.05, 0) is 40.9 Å². The molecule has 1 heterocycles. The van der Waals surface area contributed by atoms with E-state index in [-0.39, 0.29) is 29.0 Å². The maximum Gasteiger partial charge on any atom is 0.179 e. The predicted octanol–water partition coefficient (Wildman–Crippen LogP) is 2.85. The van der Waals surface area contributed by atoms with Gasteiger partial charge in [-0.1, -0.05) is 11.6 Å². The number of halogens is 3. The highest BCUT2D eigenvalue weighted by molar-refractivity contribution is 9.10. The van der Waals surface area contributed by atoms with E-state index < -0.39 is 5.82 Å². The minimum Gasteiger partial charge on any atom is -0.328 e. The number of nitrogens with two attached hydrogens (primary N) is 1. The average molecular weight is 350 g/mol. The molecule has 3 nitrogen and oxygen atoms in total. The first-order chi connectivity index (χ1) is 8.99. The summed E-state index contributed by atoms with van der Waals surface area (Å²) in [6, 6.07) is 3.26. The minimum absolute atomic E-state index is 0.0445. The molecule has 0 atom stereocenters. The van der Waals surface area contributed by atoms with Crippen LogP contribution in [0.3, 0.4) is 0 Å². The Labute approximate surface area is 125 Å². The SMILES string of the molecule is NC1CCN(CC(=O)c2ccc(Br)c(Cl)c2F)CC1. The number of hydrogen-bond donors (Lipinski definition) is 1. The van der Waals surface area contributed by atoms with Crippen molar-refractivity contribution in [2.45, 2.75) is 18.9 Å². The Morgan fingerprint density at radius 1 is 1.47 bits per heavy atom. The van der Waals surface area contributed by atoms with Gasteiger partial charge in [0.05, 0.1) is 17.1 Å². The average Bonchev–Trinajstić information content (AvgIpc) is 2.39. The fraction of sp³-hybridized carbons (Fsp3) is 0.462. The summed E-state index contributed by atoms with van der Waals surface area (Å²) in [7, 11) is 0. The Morgan fingerprint density at radius 2 is 2.11 bits per heavy atom. The molecule has 19 heavy (non-hydrogen) atoms. The van der Waals surface area contributed by atoms with Gasteiger partial charge in [0.2, 0.25) is 0 Å². The lowest BCUT2D eigenvalue weighted by Gasteiger charge is -2.29. The van der Waals surface area contributed by atoms with Crippen molar-refractivity contribution >= 4 is 33.3 Å². The Balaban J connectivity index is 2.06. The molecule has 6 heteroatoms. The van der Waals surface area contributed by atoms with Gasteiger partial charge in [0.25, 0.3) is 0 Å². The molecule has 1 fully saturated rings. The predicted molar refractivity (Wildman–Crippen MR) is 77.1 cm³/mol. The summed E-state index contributed by atoms with van der Waals surface area (Å²) >= 11 is 8.91. The van der Waals surface area contributed by atoms with Crippen LogP contribution >= 0.6 is 27.5 Å². The van der Waals surface area contributed by atoms with E-state index >= 15 is 0 Å². The molecule has 104 valence electrons. The normalized spacial score (nSPS) is 17.7. The summed E-state index contributed by atoms with van der Waals surface area (Å²) in [6.07, 6.45) is 1.74. The van der Waals surface area contributed by atoms with E-state index in [1.807, 2.05) is 4.90 Å². The zero-order chi connectivity index (χ0) is 14.0. The van der Waals surface area contributed by atoms with Crippen LogP contribution in [-0.4, -0.2) is 36.4 Å². The highest BCUT2D eigenvalue weighted by Gasteiger charge is 2.21.